The zero-order valence-corrected chi connectivity index (χ0v) is 16.8. The second-order valence-corrected chi connectivity index (χ2v) is 8.18. The van der Waals surface area contributed by atoms with Crippen LogP contribution in [-0.2, 0) is 19.1 Å². The predicted octanol–water partition coefficient (Wildman–Crippen LogP) is 1.93. The lowest BCUT2D eigenvalue weighted by atomic mass is 10.1. The Morgan fingerprint density at radius 2 is 1.96 bits per heavy atom. The average Bonchev–Trinajstić information content (AvgIpc) is 3.45. The molecule has 0 aromatic carbocycles. The summed E-state index contributed by atoms with van der Waals surface area (Å²) < 4.78 is 5.52. The number of hydrogen-bond acceptors (Lipinski definition) is 6. The molecule has 1 aromatic heterocycles. The van der Waals surface area contributed by atoms with Crippen molar-refractivity contribution < 1.29 is 19.1 Å². The molecular formula is C19H28N4O4S. The third kappa shape index (κ3) is 6.27. The highest BCUT2D eigenvalue weighted by molar-refractivity contribution is 7.13. The number of thiazole rings is 1. The van der Waals surface area contributed by atoms with Crippen LogP contribution in [-0.4, -0.2) is 59.4 Å². The number of anilines is 1. The van der Waals surface area contributed by atoms with Crippen LogP contribution >= 0.6 is 11.3 Å². The number of hydrogen-bond donors (Lipinski definition) is 2. The normalized spacial score (nSPS) is 19.5. The highest BCUT2D eigenvalue weighted by Crippen LogP contribution is 2.24. The summed E-state index contributed by atoms with van der Waals surface area (Å²) in [5.74, 6) is -0.547. The quantitative estimate of drug-likeness (QED) is 0.650. The Morgan fingerprint density at radius 1 is 1.14 bits per heavy atom. The molecule has 8 nitrogen and oxygen atoms in total. The number of rotatable bonds is 9. The Labute approximate surface area is 169 Å². The van der Waals surface area contributed by atoms with Crippen molar-refractivity contribution >= 4 is 34.2 Å². The second kappa shape index (κ2) is 10.5. The number of carbonyl (C=O) groups excluding carboxylic acids is 3. The van der Waals surface area contributed by atoms with E-state index in [-0.39, 0.29) is 49.3 Å². The lowest BCUT2D eigenvalue weighted by molar-refractivity contribution is -0.139. The van der Waals surface area contributed by atoms with Gasteiger partial charge in [-0.05, 0) is 25.7 Å². The smallest absolute Gasteiger partial charge is 0.239 e. The van der Waals surface area contributed by atoms with Gasteiger partial charge >= 0.3 is 0 Å². The molecule has 2 heterocycles. The van der Waals surface area contributed by atoms with Gasteiger partial charge in [0.2, 0.25) is 17.7 Å². The molecule has 3 amide bonds. The van der Waals surface area contributed by atoms with E-state index in [9.17, 15) is 14.4 Å². The molecule has 0 radical (unpaired) electrons. The molecule has 3 rings (SSSR count). The van der Waals surface area contributed by atoms with E-state index in [2.05, 4.69) is 15.6 Å². The second-order valence-electron chi connectivity index (χ2n) is 7.28. The first-order valence-corrected chi connectivity index (χ1v) is 10.9. The first kappa shape index (κ1) is 20.7. The topological polar surface area (TPSA) is 101 Å². The van der Waals surface area contributed by atoms with E-state index < -0.39 is 0 Å². The van der Waals surface area contributed by atoms with Gasteiger partial charge in [-0.15, -0.1) is 11.3 Å². The SMILES string of the molecule is O=C(CN(C(=O)CCC(=O)Nc1nccs1)C1CCCC1)NCC1CCCO1. The van der Waals surface area contributed by atoms with Crippen molar-refractivity contribution in [1.29, 1.82) is 0 Å². The minimum Gasteiger partial charge on any atom is -0.376 e. The van der Waals surface area contributed by atoms with Crippen LogP contribution in [0.2, 0.25) is 0 Å². The summed E-state index contributed by atoms with van der Waals surface area (Å²) in [6, 6.07) is 0.0861. The van der Waals surface area contributed by atoms with Crippen molar-refractivity contribution in [2.45, 2.75) is 63.5 Å². The number of carbonyl (C=O) groups is 3. The molecule has 0 spiro atoms. The molecule has 1 unspecified atom stereocenters. The molecule has 1 saturated carbocycles. The van der Waals surface area contributed by atoms with Crippen LogP contribution in [0.25, 0.3) is 0 Å². The number of amides is 3. The Hall–Kier alpha value is -2.00. The molecule has 0 bridgehead atoms. The molecule has 154 valence electrons. The fourth-order valence-electron chi connectivity index (χ4n) is 3.71. The average molecular weight is 409 g/mol. The summed E-state index contributed by atoms with van der Waals surface area (Å²) in [4.78, 5) is 42.8. The van der Waals surface area contributed by atoms with E-state index in [4.69, 9.17) is 4.74 Å². The number of nitrogens with zero attached hydrogens (tertiary/aromatic N) is 2. The Kier molecular flexibility index (Phi) is 7.79. The summed E-state index contributed by atoms with van der Waals surface area (Å²) in [6.07, 6.45) is 7.80. The summed E-state index contributed by atoms with van der Waals surface area (Å²) >= 11 is 1.33. The van der Waals surface area contributed by atoms with Gasteiger partial charge in [0, 0.05) is 43.6 Å². The lowest BCUT2D eigenvalue weighted by Crippen LogP contribution is -2.46. The molecule has 2 aliphatic rings. The van der Waals surface area contributed by atoms with E-state index in [0.29, 0.717) is 11.7 Å². The summed E-state index contributed by atoms with van der Waals surface area (Å²) in [5, 5.41) is 7.87. The number of aromatic nitrogens is 1. The zero-order chi connectivity index (χ0) is 19.8. The van der Waals surface area contributed by atoms with Crippen molar-refractivity contribution in [3.05, 3.63) is 11.6 Å². The van der Waals surface area contributed by atoms with E-state index in [1.165, 1.54) is 11.3 Å². The Balaban J connectivity index is 1.47. The van der Waals surface area contributed by atoms with Crippen LogP contribution in [0.4, 0.5) is 5.13 Å². The van der Waals surface area contributed by atoms with E-state index in [1.54, 1.807) is 16.5 Å². The maximum Gasteiger partial charge on any atom is 0.239 e. The fourth-order valence-corrected chi connectivity index (χ4v) is 4.26. The molecule has 28 heavy (non-hydrogen) atoms. The van der Waals surface area contributed by atoms with Crippen LogP contribution in [0, 0.1) is 0 Å². The fraction of sp³-hybridized carbons (Fsp3) is 0.684. The molecule has 2 fully saturated rings. The molecular weight excluding hydrogens is 380 g/mol. The van der Waals surface area contributed by atoms with Crippen molar-refractivity contribution in [2.75, 3.05) is 25.0 Å². The highest BCUT2D eigenvalue weighted by atomic mass is 32.1. The van der Waals surface area contributed by atoms with Gasteiger partial charge in [-0.2, -0.15) is 0 Å². The molecule has 9 heteroatoms. The zero-order valence-electron chi connectivity index (χ0n) is 16.0. The van der Waals surface area contributed by atoms with Crippen molar-refractivity contribution in [1.82, 2.24) is 15.2 Å². The van der Waals surface area contributed by atoms with Crippen LogP contribution in [0.3, 0.4) is 0 Å². The molecule has 1 saturated heterocycles. The molecule has 1 atom stereocenters. The van der Waals surface area contributed by atoms with Crippen LogP contribution in [0.5, 0.6) is 0 Å². The lowest BCUT2D eigenvalue weighted by Gasteiger charge is -2.28. The standard InChI is InChI=1S/C19H28N4O4S/c24-16(22-19-20-9-11-28-19)7-8-18(26)23(14-4-1-2-5-14)13-17(25)21-12-15-6-3-10-27-15/h9,11,14-15H,1-8,10,12-13H2,(H,21,25)(H,20,22,24). The van der Waals surface area contributed by atoms with E-state index in [1.807, 2.05) is 0 Å². The van der Waals surface area contributed by atoms with Crippen molar-refractivity contribution in [2.24, 2.45) is 0 Å². The largest absolute Gasteiger partial charge is 0.376 e. The molecule has 2 N–H and O–H groups in total. The van der Waals surface area contributed by atoms with Gasteiger partial charge in [-0.3, -0.25) is 14.4 Å². The number of nitrogens with one attached hydrogen (secondary N) is 2. The summed E-state index contributed by atoms with van der Waals surface area (Å²) in [5.41, 5.74) is 0. The third-order valence-corrected chi connectivity index (χ3v) is 5.88. The third-order valence-electron chi connectivity index (χ3n) is 5.20. The summed E-state index contributed by atoms with van der Waals surface area (Å²) in [7, 11) is 0. The number of ether oxygens (including phenoxy) is 1. The maximum atomic E-state index is 12.8. The highest BCUT2D eigenvalue weighted by Gasteiger charge is 2.29. The minimum absolute atomic E-state index is 0.0460. The van der Waals surface area contributed by atoms with Crippen LogP contribution in [0.15, 0.2) is 11.6 Å². The Morgan fingerprint density at radius 3 is 2.64 bits per heavy atom. The minimum atomic E-state index is -0.238. The van der Waals surface area contributed by atoms with Gasteiger partial charge in [0.15, 0.2) is 5.13 Å². The van der Waals surface area contributed by atoms with Gasteiger partial charge in [0.25, 0.3) is 0 Å². The maximum absolute atomic E-state index is 12.8. The van der Waals surface area contributed by atoms with Gasteiger partial charge in [-0.1, -0.05) is 12.8 Å². The summed E-state index contributed by atoms with van der Waals surface area (Å²) in [6.45, 7) is 1.28. The molecule has 1 aromatic rings. The van der Waals surface area contributed by atoms with E-state index in [0.717, 1.165) is 45.1 Å². The van der Waals surface area contributed by atoms with Gasteiger partial charge < -0.3 is 20.3 Å². The first-order valence-electron chi connectivity index (χ1n) is 9.99. The Bertz CT molecular complexity index is 655. The van der Waals surface area contributed by atoms with Crippen molar-refractivity contribution in [3.63, 3.8) is 0 Å². The monoisotopic (exact) mass is 408 g/mol. The van der Waals surface area contributed by atoms with Gasteiger partial charge in [-0.25, -0.2) is 4.98 Å². The molecule has 1 aliphatic heterocycles. The predicted molar refractivity (Wildman–Crippen MR) is 106 cm³/mol. The van der Waals surface area contributed by atoms with Crippen LogP contribution < -0.4 is 10.6 Å². The van der Waals surface area contributed by atoms with Gasteiger partial charge in [0.1, 0.15) is 0 Å². The van der Waals surface area contributed by atoms with Crippen molar-refractivity contribution in [3.8, 4) is 0 Å². The van der Waals surface area contributed by atoms with E-state index >= 15 is 0 Å². The molecule has 1 aliphatic carbocycles. The van der Waals surface area contributed by atoms with Gasteiger partial charge in [0.05, 0.1) is 12.6 Å². The first-order chi connectivity index (χ1) is 13.6. The van der Waals surface area contributed by atoms with Crippen LogP contribution in [0.1, 0.15) is 51.4 Å².